The SMILES string of the molecule is CCN(C(=O)c1csc(C=CC(=O)O)c1)C1CCCC1. The second kappa shape index (κ2) is 6.70. The van der Waals surface area contributed by atoms with Crippen molar-refractivity contribution >= 4 is 29.3 Å². The van der Waals surface area contributed by atoms with E-state index in [4.69, 9.17) is 5.11 Å². The van der Waals surface area contributed by atoms with Gasteiger partial charge in [-0.3, -0.25) is 4.79 Å². The summed E-state index contributed by atoms with van der Waals surface area (Å²) in [7, 11) is 0. The maximum Gasteiger partial charge on any atom is 0.328 e. The molecule has 0 bridgehead atoms. The van der Waals surface area contributed by atoms with Crippen molar-refractivity contribution in [3.63, 3.8) is 0 Å². The van der Waals surface area contributed by atoms with Gasteiger partial charge in [-0.1, -0.05) is 12.8 Å². The van der Waals surface area contributed by atoms with Gasteiger partial charge < -0.3 is 10.0 Å². The van der Waals surface area contributed by atoms with Crippen LogP contribution >= 0.6 is 11.3 Å². The van der Waals surface area contributed by atoms with E-state index in [1.807, 2.05) is 17.2 Å². The molecule has 0 saturated heterocycles. The third kappa shape index (κ3) is 3.48. The van der Waals surface area contributed by atoms with Crippen molar-refractivity contribution in [3.05, 3.63) is 28.0 Å². The average molecular weight is 293 g/mol. The summed E-state index contributed by atoms with van der Waals surface area (Å²) in [4.78, 5) is 25.7. The monoisotopic (exact) mass is 293 g/mol. The fourth-order valence-corrected chi connectivity index (χ4v) is 3.43. The molecule has 1 aliphatic carbocycles. The Labute approximate surface area is 122 Å². The molecule has 0 aromatic carbocycles. The van der Waals surface area contributed by atoms with E-state index in [0.717, 1.165) is 30.3 Å². The third-order valence-electron chi connectivity index (χ3n) is 3.62. The maximum atomic E-state index is 12.5. The Morgan fingerprint density at radius 1 is 1.45 bits per heavy atom. The molecule has 0 unspecified atom stereocenters. The van der Waals surface area contributed by atoms with Crippen molar-refractivity contribution in [2.24, 2.45) is 0 Å². The highest BCUT2D eigenvalue weighted by atomic mass is 32.1. The van der Waals surface area contributed by atoms with E-state index in [9.17, 15) is 9.59 Å². The van der Waals surface area contributed by atoms with Crippen molar-refractivity contribution in [1.82, 2.24) is 4.90 Å². The average Bonchev–Trinajstić information content (AvgIpc) is 3.08. The molecule has 1 saturated carbocycles. The van der Waals surface area contributed by atoms with E-state index in [1.54, 1.807) is 6.07 Å². The molecule has 0 aliphatic heterocycles. The number of carboxylic acids is 1. The van der Waals surface area contributed by atoms with E-state index in [0.29, 0.717) is 11.6 Å². The second-order valence-corrected chi connectivity index (χ2v) is 5.88. The molecular weight excluding hydrogens is 274 g/mol. The lowest BCUT2D eigenvalue weighted by atomic mass is 10.1. The number of rotatable bonds is 5. The number of carbonyl (C=O) groups is 2. The minimum atomic E-state index is -0.979. The number of carbonyl (C=O) groups excluding carboxylic acids is 1. The van der Waals surface area contributed by atoms with Crippen molar-refractivity contribution < 1.29 is 14.7 Å². The normalized spacial score (nSPS) is 15.8. The zero-order chi connectivity index (χ0) is 14.5. The van der Waals surface area contributed by atoms with Gasteiger partial charge in [-0.05, 0) is 31.9 Å². The highest BCUT2D eigenvalue weighted by molar-refractivity contribution is 7.11. The van der Waals surface area contributed by atoms with Gasteiger partial charge in [0.25, 0.3) is 5.91 Å². The van der Waals surface area contributed by atoms with Crippen LogP contribution in [0.1, 0.15) is 47.8 Å². The Morgan fingerprint density at radius 2 is 2.15 bits per heavy atom. The molecule has 20 heavy (non-hydrogen) atoms. The van der Waals surface area contributed by atoms with Gasteiger partial charge in [0.1, 0.15) is 0 Å². The van der Waals surface area contributed by atoms with Crippen molar-refractivity contribution in [1.29, 1.82) is 0 Å². The van der Waals surface area contributed by atoms with E-state index >= 15 is 0 Å². The predicted molar refractivity (Wildman–Crippen MR) is 80.0 cm³/mol. The lowest BCUT2D eigenvalue weighted by Crippen LogP contribution is -2.38. The van der Waals surface area contributed by atoms with Crippen molar-refractivity contribution in [2.45, 2.75) is 38.6 Å². The van der Waals surface area contributed by atoms with Crippen LogP contribution in [0.2, 0.25) is 0 Å². The Kier molecular flexibility index (Phi) is 4.95. The Bertz CT molecular complexity index is 515. The molecule has 2 rings (SSSR count). The smallest absolute Gasteiger partial charge is 0.328 e. The number of hydrogen-bond donors (Lipinski definition) is 1. The minimum absolute atomic E-state index is 0.0608. The molecule has 1 amide bonds. The Balaban J connectivity index is 2.09. The van der Waals surface area contributed by atoms with E-state index in [-0.39, 0.29) is 5.91 Å². The van der Waals surface area contributed by atoms with Gasteiger partial charge in [0.2, 0.25) is 0 Å². The third-order valence-corrected chi connectivity index (χ3v) is 4.52. The number of nitrogens with zero attached hydrogens (tertiary/aromatic N) is 1. The topological polar surface area (TPSA) is 57.6 Å². The van der Waals surface area contributed by atoms with Crippen LogP contribution in [0, 0.1) is 0 Å². The zero-order valence-corrected chi connectivity index (χ0v) is 12.4. The van der Waals surface area contributed by atoms with Crippen molar-refractivity contribution in [2.75, 3.05) is 6.54 Å². The molecule has 0 spiro atoms. The van der Waals surface area contributed by atoms with Crippen LogP contribution in [-0.4, -0.2) is 34.5 Å². The molecule has 0 radical (unpaired) electrons. The molecular formula is C15H19NO3S. The maximum absolute atomic E-state index is 12.5. The molecule has 5 heteroatoms. The van der Waals surface area contributed by atoms with Crippen LogP contribution in [-0.2, 0) is 4.79 Å². The van der Waals surface area contributed by atoms with Crippen molar-refractivity contribution in [3.8, 4) is 0 Å². The quantitative estimate of drug-likeness (QED) is 0.848. The summed E-state index contributed by atoms with van der Waals surface area (Å²) in [6, 6.07) is 2.13. The van der Waals surface area contributed by atoms with Crippen LogP contribution < -0.4 is 0 Å². The van der Waals surface area contributed by atoms with Gasteiger partial charge in [-0.2, -0.15) is 0 Å². The number of hydrogen-bond acceptors (Lipinski definition) is 3. The van der Waals surface area contributed by atoms with Gasteiger partial charge in [0, 0.05) is 28.9 Å². The fraction of sp³-hybridized carbons (Fsp3) is 0.467. The standard InChI is InChI=1S/C15H19NO3S/c1-2-16(12-5-3-4-6-12)15(19)11-9-13(20-10-11)7-8-14(17)18/h7-10,12H,2-6H2,1H3,(H,17,18). The first-order chi connectivity index (χ1) is 9.61. The van der Waals surface area contributed by atoms with Crippen LogP contribution in [0.3, 0.4) is 0 Å². The largest absolute Gasteiger partial charge is 0.478 e. The molecule has 1 aromatic heterocycles. The first-order valence-electron chi connectivity index (χ1n) is 6.92. The zero-order valence-electron chi connectivity index (χ0n) is 11.5. The highest BCUT2D eigenvalue weighted by Crippen LogP contribution is 2.26. The summed E-state index contributed by atoms with van der Waals surface area (Å²) in [6.07, 6.45) is 7.20. The number of amides is 1. The summed E-state index contributed by atoms with van der Waals surface area (Å²) in [5.41, 5.74) is 0.661. The molecule has 1 fully saturated rings. The van der Waals surface area contributed by atoms with Crippen LogP contribution in [0.5, 0.6) is 0 Å². The van der Waals surface area contributed by atoms with Gasteiger partial charge >= 0.3 is 5.97 Å². The molecule has 0 atom stereocenters. The molecule has 108 valence electrons. The summed E-state index contributed by atoms with van der Waals surface area (Å²) in [6.45, 7) is 2.73. The van der Waals surface area contributed by atoms with E-state index in [1.165, 1.54) is 30.3 Å². The first-order valence-corrected chi connectivity index (χ1v) is 7.80. The number of aliphatic carboxylic acids is 1. The van der Waals surface area contributed by atoms with Gasteiger partial charge in [-0.15, -0.1) is 11.3 Å². The van der Waals surface area contributed by atoms with Gasteiger partial charge in [-0.25, -0.2) is 4.79 Å². The van der Waals surface area contributed by atoms with Gasteiger partial charge in [0.05, 0.1) is 5.56 Å². The molecule has 4 nitrogen and oxygen atoms in total. The minimum Gasteiger partial charge on any atom is -0.478 e. The molecule has 1 N–H and O–H groups in total. The lowest BCUT2D eigenvalue weighted by Gasteiger charge is -2.27. The van der Waals surface area contributed by atoms with Gasteiger partial charge in [0.15, 0.2) is 0 Å². The highest BCUT2D eigenvalue weighted by Gasteiger charge is 2.26. The fourth-order valence-electron chi connectivity index (χ4n) is 2.66. The summed E-state index contributed by atoms with van der Waals surface area (Å²) in [5.74, 6) is -0.918. The number of thiophene rings is 1. The second-order valence-electron chi connectivity index (χ2n) is 4.94. The molecule has 1 aliphatic rings. The lowest BCUT2D eigenvalue weighted by molar-refractivity contribution is -0.131. The van der Waals surface area contributed by atoms with Crippen LogP contribution in [0.15, 0.2) is 17.5 Å². The molecule has 1 aromatic rings. The summed E-state index contributed by atoms with van der Waals surface area (Å²) < 4.78 is 0. The summed E-state index contributed by atoms with van der Waals surface area (Å²) in [5, 5.41) is 10.4. The van der Waals surface area contributed by atoms with Crippen LogP contribution in [0.4, 0.5) is 0 Å². The Morgan fingerprint density at radius 3 is 2.75 bits per heavy atom. The van der Waals surface area contributed by atoms with Crippen LogP contribution in [0.25, 0.3) is 6.08 Å². The predicted octanol–water partition coefficient (Wildman–Crippen LogP) is 3.25. The van der Waals surface area contributed by atoms with E-state index < -0.39 is 5.97 Å². The molecule has 1 heterocycles. The Hall–Kier alpha value is -1.62. The first kappa shape index (κ1) is 14.8. The number of carboxylic acid groups (broad SMARTS) is 1. The summed E-state index contributed by atoms with van der Waals surface area (Å²) >= 11 is 1.39. The van der Waals surface area contributed by atoms with E-state index in [2.05, 4.69) is 0 Å².